The number of fused-ring (bicyclic) bond motifs is 1. The number of carbonyl (C=O) groups excluding carboxylic acids is 1. The van der Waals surface area contributed by atoms with Crippen LogP contribution in [0.4, 0.5) is 13.2 Å². The molecule has 2 atom stereocenters. The number of alkyl halides is 3. The van der Waals surface area contributed by atoms with Gasteiger partial charge in [0.05, 0.1) is 0 Å². The van der Waals surface area contributed by atoms with Crippen molar-refractivity contribution < 1.29 is 23.1 Å². The fourth-order valence-electron chi connectivity index (χ4n) is 2.11. The normalized spacial score (nSPS) is 21.4. The number of aliphatic hydroxyl groups excluding tert-OH is 1. The molecule has 5 heteroatoms. The predicted molar refractivity (Wildman–Crippen MR) is 54.6 cm³/mol. The van der Waals surface area contributed by atoms with Crippen molar-refractivity contribution in [1.82, 2.24) is 0 Å². The van der Waals surface area contributed by atoms with E-state index in [2.05, 4.69) is 0 Å². The number of hydrogen-bond donors (Lipinski definition) is 1. The second-order valence-electron chi connectivity index (χ2n) is 4.22. The van der Waals surface area contributed by atoms with Gasteiger partial charge in [0, 0.05) is 11.5 Å². The summed E-state index contributed by atoms with van der Waals surface area (Å²) in [5.41, 5.74) is 1.24. The topological polar surface area (TPSA) is 37.3 Å². The molecule has 2 rings (SSSR count). The highest BCUT2D eigenvalue weighted by atomic mass is 19.4. The van der Waals surface area contributed by atoms with Crippen LogP contribution in [0.3, 0.4) is 0 Å². The molecular formula is C12H11F3O2. The molecule has 1 aliphatic rings. The maximum atomic E-state index is 12.2. The van der Waals surface area contributed by atoms with Gasteiger partial charge in [0.1, 0.15) is 0 Å². The third-order valence-corrected chi connectivity index (χ3v) is 3.01. The average molecular weight is 244 g/mol. The molecule has 1 N–H and O–H groups in total. The van der Waals surface area contributed by atoms with Crippen LogP contribution in [-0.4, -0.2) is 23.2 Å². The van der Waals surface area contributed by atoms with Gasteiger partial charge in [-0.05, 0) is 18.4 Å². The quantitative estimate of drug-likeness (QED) is 0.867. The maximum absolute atomic E-state index is 12.2. The van der Waals surface area contributed by atoms with Gasteiger partial charge >= 0.3 is 6.18 Å². The van der Waals surface area contributed by atoms with Crippen molar-refractivity contribution in [2.24, 2.45) is 5.92 Å². The van der Waals surface area contributed by atoms with Crippen LogP contribution < -0.4 is 0 Å². The van der Waals surface area contributed by atoms with Crippen LogP contribution in [0, 0.1) is 5.92 Å². The number of aliphatic hydroxyl groups is 1. The summed E-state index contributed by atoms with van der Waals surface area (Å²) in [5.74, 6) is -1.06. The smallest absolute Gasteiger partial charge is 0.384 e. The predicted octanol–water partition coefficient (Wildman–Crippen LogP) is 2.35. The fraction of sp³-hybridized carbons (Fsp3) is 0.417. The summed E-state index contributed by atoms with van der Waals surface area (Å²) in [6, 6.07) is 6.76. The molecule has 0 aliphatic heterocycles. The van der Waals surface area contributed by atoms with Gasteiger partial charge in [-0.25, -0.2) is 0 Å². The molecular weight excluding hydrogens is 233 g/mol. The lowest BCUT2D eigenvalue weighted by Crippen LogP contribution is -2.32. The van der Waals surface area contributed by atoms with Gasteiger partial charge in [-0.15, -0.1) is 0 Å². The fourth-order valence-corrected chi connectivity index (χ4v) is 2.11. The Labute approximate surface area is 96.1 Å². The zero-order valence-electron chi connectivity index (χ0n) is 8.87. The third-order valence-electron chi connectivity index (χ3n) is 3.01. The number of benzene rings is 1. The van der Waals surface area contributed by atoms with E-state index in [1.165, 1.54) is 0 Å². The summed E-state index contributed by atoms with van der Waals surface area (Å²) in [5, 5.41) is 8.97. The van der Waals surface area contributed by atoms with E-state index in [4.69, 9.17) is 5.11 Å². The van der Waals surface area contributed by atoms with Crippen LogP contribution in [0.5, 0.6) is 0 Å². The van der Waals surface area contributed by atoms with Crippen LogP contribution in [0.2, 0.25) is 0 Å². The summed E-state index contributed by atoms with van der Waals surface area (Å²) in [7, 11) is 0. The highest BCUT2D eigenvalue weighted by Gasteiger charge is 2.42. The first kappa shape index (κ1) is 12.1. The van der Waals surface area contributed by atoms with Gasteiger partial charge in [0.2, 0.25) is 0 Å². The van der Waals surface area contributed by atoms with E-state index in [-0.39, 0.29) is 12.2 Å². The molecule has 0 spiro atoms. The Balaban J connectivity index is 2.11. The minimum absolute atomic E-state index is 0.280. The Kier molecular flexibility index (Phi) is 2.95. The average Bonchev–Trinajstić information content (AvgIpc) is 2.55. The van der Waals surface area contributed by atoms with Crippen LogP contribution in [0.1, 0.15) is 22.3 Å². The molecule has 0 fully saturated rings. The molecule has 1 aliphatic carbocycles. The number of hydrogen-bond acceptors (Lipinski definition) is 2. The molecule has 17 heavy (non-hydrogen) atoms. The minimum Gasteiger partial charge on any atom is -0.384 e. The molecule has 0 bridgehead atoms. The van der Waals surface area contributed by atoms with Crippen molar-refractivity contribution in [3.05, 3.63) is 35.4 Å². The van der Waals surface area contributed by atoms with Crippen molar-refractivity contribution >= 4 is 5.78 Å². The maximum Gasteiger partial charge on any atom is 0.414 e. The van der Waals surface area contributed by atoms with Gasteiger partial charge in [0.25, 0.3) is 0 Å². The molecule has 2 nitrogen and oxygen atoms in total. The summed E-state index contributed by atoms with van der Waals surface area (Å²) < 4.78 is 36.6. The van der Waals surface area contributed by atoms with Crippen molar-refractivity contribution in [3.63, 3.8) is 0 Å². The zero-order valence-corrected chi connectivity index (χ0v) is 8.87. The molecule has 0 saturated carbocycles. The van der Waals surface area contributed by atoms with Crippen molar-refractivity contribution in [3.8, 4) is 0 Å². The lowest BCUT2D eigenvalue weighted by molar-refractivity contribution is -0.207. The van der Waals surface area contributed by atoms with Crippen LogP contribution >= 0.6 is 0 Å². The van der Waals surface area contributed by atoms with E-state index >= 15 is 0 Å². The highest BCUT2D eigenvalue weighted by Crippen LogP contribution is 2.33. The van der Waals surface area contributed by atoms with Gasteiger partial charge in [-0.1, -0.05) is 24.3 Å². The number of Topliss-reactive ketones (excluding diaryl/α,β-unsaturated/α-hetero) is 1. The molecule has 1 aromatic rings. The molecule has 0 amide bonds. The Morgan fingerprint density at radius 3 is 2.59 bits per heavy atom. The van der Waals surface area contributed by atoms with Crippen LogP contribution in [0.15, 0.2) is 24.3 Å². The largest absolute Gasteiger partial charge is 0.414 e. The number of rotatable bonds is 2. The second-order valence-corrected chi connectivity index (χ2v) is 4.22. The summed E-state index contributed by atoms with van der Waals surface area (Å²) >= 11 is 0. The lowest BCUT2D eigenvalue weighted by atomic mass is 9.97. The van der Waals surface area contributed by atoms with Gasteiger partial charge in [-0.2, -0.15) is 13.2 Å². The Bertz CT molecular complexity index is 440. The first-order valence-corrected chi connectivity index (χ1v) is 5.26. The van der Waals surface area contributed by atoms with Crippen LogP contribution in [-0.2, 0) is 6.42 Å². The molecule has 0 aromatic heterocycles. The van der Waals surface area contributed by atoms with Gasteiger partial charge in [-0.3, -0.25) is 4.79 Å². The standard InChI is InChI=1S/C12H11F3O2/c13-12(14,15)10(16)6-8-5-7-3-1-2-4-9(7)11(8)17/h1-4,8,10,16H,5-6H2. The monoisotopic (exact) mass is 244 g/mol. The Morgan fingerprint density at radius 2 is 2.00 bits per heavy atom. The Morgan fingerprint density at radius 1 is 1.35 bits per heavy atom. The molecule has 0 saturated heterocycles. The number of carbonyl (C=O) groups is 1. The van der Waals surface area contributed by atoms with E-state index in [1.807, 2.05) is 0 Å². The zero-order chi connectivity index (χ0) is 12.6. The van der Waals surface area contributed by atoms with Gasteiger partial charge in [0.15, 0.2) is 11.9 Å². The minimum atomic E-state index is -4.66. The first-order valence-electron chi connectivity index (χ1n) is 5.26. The molecule has 0 heterocycles. The first-order chi connectivity index (χ1) is 7.89. The van der Waals surface area contributed by atoms with Gasteiger partial charge < -0.3 is 5.11 Å². The molecule has 0 radical (unpaired) electrons. The summed E-state index contributed by atoms with van der Waals surface area (Å²) in [6.07, 6.45) is -7.36. The van der Waals surface area contributed by atoms with Crippen LogP contribution in [0.25, 0.3) is 0 Å². The number of ketones is 1. The lowest BCUT2D eigenvalue weighted by Gasteiger charge is -2.17. The van der Waals surface area contributed by atoms with Crippen molar-refractivity contribution in [2.45, 2.75) is 25.1 Å². The molecule has 92 valence electrons. The second kappa shape index (κ2) is 4.14. The van der Waals surface area contributed by atoms with E-state index < -0.39 is 24.6 Å². The van der Waals surface area contributed by atoms with Crippen molar-refractivity contribution in [2.75, 3.05) is 0 Å². The van der Waals surface area contributed by atoms with Crippen molar-refractivity contribution in [1.29, 1.82) is 0 Å². The van der Waals surface area contributed by atoms with E-state index in [0.29, 0.717) is 5.56 Å². The third kappa shape index (κ3) is 2.34. The number of halogens is 3. The molecule has 2 unspecified atom stereocenters. The Hall–Kier alpha value is -1.36. The SMILES string of the molecule is O=C1c2ccccc2CC1CC(O)C(F)(F)F. The summed E-state index contributed by atoms with van der Waals surface area (Å²) in [4.78, 5) is 11.8. The molecule has 1 aromatic carbocycles. The van der Waals surface area contributed by atoms with E-state index in [0.717, 1.165) is 5.56 Å². The van der Waals surface area contributed by atoms with E-state index in [1.54, 1.807) is 24.3 Å². The highest BCUT2D eigenvalue weighted by molar-refractivity contribution is 6.02. The van der Waals surface area contributed by atoms with E-state index in [9.17, 15) is 18.0 Å². The summed E-state index contributed by atoms with van der Waals surface area (Å²) in [6.45, 7) is 0.